The van der Waals surface area contributed by atoms with Gasteiger partial charge in [-0.05, 0) is 71.8 Å². The van der Waals surface area contributed by atoms with Crippen LogP contribution in [0.3, 0.4) is 0 Å². The van der Waals surface area contributed by atoms with Crippen LogP contribution in [0.25, 0.3) is 0 Å². The van der Waals surface area contributed by atoms with Crippen molar-refractivity contribution in [1.82, 2.24) is 21.0 Å². The summed E-state index contributed by atoms with van der Waals surface area (Å²) in [5.74, 6) is 1.08. The van der Waals surface area contributed by atoms with Crippen LogP contribution >= 0.6 is 0 Å². The Morgan fingerprint density at radius 3 is 2.68 bits per heavy atom. The summed E-state index contributed by atoms with van der Waals surface area (Å²) in [7, 11) is 0. The summed E-state index contributed by atoms with van der Waals surface area (Å²) in [5, 5.41) is 24.7. The molecule has 1 heterocycles. The van der Waals surface area contributed by atoms with Crippen molar-refractivity contribution in [2.75, 3.05) is 26.2 Å². The van der Waals surface area contributed by atoms with Gasteiger partial charge >= 0.3 is 6.09 Å². The SMILES string of the molecule is C[C@@H](CN1CCCC2C(CCCC2NC(=O)OC(C)(C)C)C1)N[C@@H](O)CNO. The topological polar surface area (TPSA) is 106 Å². The number of fused-ring (bicyclic) bond motifs is 1. The molecule has 1 amide bonds. The Morgan fingerprint density at radius 2 is 2.00 bits per heavy atom. The van der Waals surface area contributed by atoms with Crippen LogP contribution in [0.2, 0.25) is 0 Å². The highest BCUT2D eigenvalue weighted by Gasteiger charge is 2.37. The van der Waals surface area contributed by atoms with E-state index in [4.69, 9.17) is 9.94 Å². The van der Waals surface area contributed by atoms with E-state index in [9.17, 15) is 9.90 Å². The number of alkyl carbamates (subject to hydrolysis) is 1. The zero-order valence-electron chi connectivity index (χ0n) is 17.9. The van der Waals surface area contributed by atoms with Crippen molar-refractivity contribution in [2.45, 2.75) is 83.7 Å². The summed E-state index contributed by atoms with van der Waals surface area (Å²) in [6, 6.07) is 0.320. The minimum atomic E-state index is -0.767. The lowest BCUT2D eigenvalue weighted by molar-refractivity contribution is 0.0432. The molecule has 164 valence electrons. The monoisotopic (exact) mass is 400 g/mol. The normalized spacial score (nSPS) is 28.7. The lowest BCUT2D eigenvalue weighted by Gasteiger charge is -2.39. The quantitative estimate of drug-likeness (QED) is 0.327. The summed E-state index contributed by atoms with van der Waals surface area (Å²) in [6.07, 6.45) is 4.53. The van der Waals surface area contributed by atoms with Crippen LogP contribution in [0.1, 0.15) is 59.8 Å². The van der Waals surface area contributed by atoms with Gasteiger partial charge in [-0.25, -0.2) is 10.3 Å². The average molecular weight is 401 g/mol. The zero-order valence-corrected chi connectivity index (χ0v) is 17.9. The molecular formula is C20H40N4O4. The lowest BCUT2D eigenvalue weighted by atomic mass is 9.74. The number of carbonyl (C=O) groups excluding carboxylic acids is 1. The molecule has 1 aliphatic heterocycles. The number of amides is 1. The molecule has 2 fully saturated rings. The maximum absolute atomic E-state index is 12.3. The fourth-order valence-corrected chi connectivity index (χ4v) is 4.71. The van der Waals surface area contributed by atoms with Crippen LogP contribution in [-0.2, 0) is 4.74 Å². The van der Waals surface area contributed by atoms with E-state index in [2.05, 4.69) is 22.5 Å². The Hall–Kier alpha value is -0.930. The van der Waals surface area contributed by atoms with Gasteiger partial charge < -0.3 is 25.3 Å². The molecule has 8 nitrogen and oxygen atoms in total. The van der Waals surface area contributed by atoms with Gasteiger partial charge in [-0.1, -0.05) is 6.42 Å². The van der Waals surface area contributed by atoms with Gasteiger partial charge in [0, 0.05) is 25.2 Å². The van der Waals surface area contributed by atoms with Crippen molar-refractivity contribution >= 4 is 6.09 Å². The number of hydrogen-bond donors (Lipinski definition) is 5. The molecule has 0 aromatic rings. The van der Waals surface area contributed by atoms with Crippen LogP contribution in [0.4, 0.5) is 4.79 Å². The number of carbonyl (C=O) groups is 1. The number of hydroxylamine groups is 1. The van der Waals surface area contributed by atoms with Crippen molar-refractivity contribution in [1.29, 1.82) is 0 Å². The Morgan fingerprint density at radius 1 is 1.25 bits per heavy atom. The molecule has 3 unspecified atom stereocenters. The summed E-state index contributed by atoms with van der Waals surface area (Å²) < 4.78 is 5.47. The first-order valence-electron chi connectivity index (χ1n) is 10.7. The fourth-order valence-electron chi connectivity index (χ4n) is 4.71. The van der Waals surface area contributed by atoms with Gasteiger partial charge in [0.15, 0.2) is 0 Å². The van der Waals surface area contributed by atoms with Crippen LogP contribution in [-0.4, -0.2) is 71.4 Å². The second-order valence-corrected chi connectivity index (χ2v) is 9.46. The minimum absolute atomic E-state index is 0.104. The van der Waals surface area contributed by atoms with Gasteiger partial charge in [0.2, 0.25) is 0 Å². The van der Waals surface area contributed by atoms with Crippen LogP contribution in [0.15, 0.2) is 0 Å². The van der Waals surface area contributed by atoms with Gasteiger partial charge in [-0.3, -0.25) is 5.32 Å². The van der Waals surface area contributed by atoms with Crippen molar-refractivity contribution in [3.05, 3.63) is 0 Å². The fraction of sp³-hybridized carbons (Fsp3) is 0.950. The first-order chi connectivity index (χ1) is 13.2. The molecule has 1 saturated carbocycles. The number of ether oxygens (including phenoxy) is 1. The van der Waals surface area contributed by atoms with Gasteiger partial charge in [0.05, 0.1) is 6.54 Å². The summed E-state index contributed by atoms with van der Waals surface area (Å²) in [5.41, 5.74) is 1.51. The molecular weight excluding hydrogens is 360 g/mol. The lowest BCUT2D eigenvalue weighted by Crippen LogP contribution is -2.50. The molecule has 0 spiro atoms. The second-order valence-electron chi connectivity index (χ2n) is 9.46. The van der Waals surface area contributed by atoms with Crippen molar-refractivity contribution in [3.8, 4) is 0 Å². The first kappa shape index (κ1) is 23.3. The summed E-state index contributed by atoms with van der Waals surface area (Å²) in [4.78, 5) is 14.7. The van der Waals surface area contributed by atoms with Gasteiger partial charge in [0.25, 0.3) is 0 Å². The highest BCUT2D eigenvalue weighted by molar-refractivity contribution is 5.68. The highest BCUT2D eigenvalue weighted by Crippen LogP contribution is 2.36. The Balaban J connectivity index is 1.88. The number of rotatable bonds is 7. The van der Waals surface area contributed by atoms with Crippen LogP contribution in [0.5, 0.6) is 0 Å². The molecule has 0 aromatic carbocycles. The predicted octanol–water partition coefficient (Wildman–Crippen LogP) is 1.67. The van der Waals surface area contributed by atoms with E-state index in [0.717, 1.165) is 45.3 Å². The molecule has 0 bridgehead atoms. The third-order valence-corrected chi connectivity index (χ3v) is 5.71. The van der Waals surface area contributed by atoms with E-state index >= 15 is 0 Å². The minimum Gasteiger partial charge on any atom is -0.444 e. The van der Waals surface area contributed by atoms with Crippen molar-refractivity contribution < 1.29 is 19.8 Å². The van der Waals surface area contributed by atoms with E-state index in [1.165, 1.54) is 6.42 Å². The van der Waals surface area contributed by atoms with Gasteiger partial charge in [-0.2, -0.15) is 0 Å². The standard InChI is InChI=1S/C20H40N4O4/c1-14(22-18(25)11-21-27)12-24-10-6-8-16-15(13-24)7-5-9-17(16)23-19(26)28-20(2,3)4/h14-18,21-22,25,27H,5-13H2,1-4H3,(H,23,26)/t14-,15?,16?,17?,18-/m0/s1. The number of aliphatic hydroxyl groups excluding tert-OH is 1. The van der Waals surface area contributed by atoms with Crippen LogP contribution < -0.4 is 16.1 Å². The summed E-state index contributed by atoms with van der Waals surface area (Å²) >= 11 is 0. The average Bonchev–Trinajstić information content (AvgIpc) is 2.75. The van der Waals surface area contributed by atoms with Crippen molar-refractivity contribution in [3.63, 3.8) is 0 Å². The Bertz CT molecular complexity index is 485. The van der Waals surface area contributed by atoms with E-state index in [1.807, 2.05) is 26.3 Å². The molecule has 0 aromatic heterocycles. The molecule has 8 heteroatoms. The predicted molar refractivity (Wildman–Crippen MR) is 108 cm³/mol. The van der Waals surface area contributed by atoms with Gasteiger partial charge in [-0.15, -0.1) is 0 Å². The summed E-state index contributed by atoms with van der Waals surface area (Å²) in [6.45, 7) is 10.7. The highest BCUT2D eigenvalue weighted by atomic mass is 16.6. The van der Waals surface area contributed by atoms with E-state index in [0.29, 0.717) is 11.8 Å². The number of aliphatic hydroxyl groups is 1. The van der Waals surface area contributed by atoms with E-state index < -0.39 is 11.8 Å². The molecule has 2 rings (SSSR count). The molecule has 5 atom stereocenters. The Kier molecular flexibility index (Phi) is 8.95. The number of nitrogens with one attached hydrogen (secondary N) is 3. The maximum Gasteiger partial charge on any atom is 0.407 e. The third kappa shape index (κ3) is 7.83. The van der Waals surface area contributed by atoms with Gasteiger partial charge in [0.1, 0.15) is 11.8 Å². The van der Waals surface area contributed by atoms with E-state index in [1.54, 1.807) is 0 Å². The number of hydrogen-bond acceptors (Lipinski definition) is 7. The third-order valence-electron chi connectivity index (χ3n) is 5.71. The molecule has 0 radical (unpaired) electrons. The van der Waals surface area contributed by atoms with Crippen molar-refractivity contribution in [2.24, 2.45) is 11.8 Å². The maximum atomic E-state index is 12.3. The molecule has 1 aliphatic carbocycles. The molecule has 5 N–H and O–H groups in total. The largest absolute Gasteiger partial charge is 0.444 e. The smallest absolute Gasteiger partial charge is 0.407 e. The molecule has 28 heavy (non-hydrogen) atoms. The number of nitrogens with zero attached hydrogens (tertiary/aromatic N) is 1. The molecule has 2 aliphatic rings. The molecule has 1 saturated heterocycles. The zero-order chi connectivity index (χ0) is 20.7. The Labute approximate surface area is 169 Å². The second kappa shape index (κ2) is 10.7. The van der Waals surface area contributed by atoms with E-state index in [-0.39, 0.29) is 24.7 Å². The number of likely N-dealkylation sites (tertiary alicyclic amines) is 1. The first-order valence-corrected chi connectivity index (χ1v) is 10.7. The van der Waals surface area contributed by atoms with Crippen LogP contribution in [0, 0.1) is 11.8 Å².